The average Bonchev–Trinajstić information content (AvgIpc) is 2.98. The number of halogens is 1. The molecule has 0 aliphatic carbocycles. The molecule has 3 nitrogen and oxygen atoms in total. The number of hydrogen-bond acceptors (Lipinski definition) is 1. The Morgan fingerprint density at radius 2 is 2.00 bits per heavy atom. The highest BCUT2D eigenvalue weighted by molar-refractivity contribution is 5.94. The SMILES string of the molecule is CCc1cccc2c(CCNC(=O)c3cccc(F)c3)c[nH]c12. The zero-order valence-electron chi connectivity index (χ0n) is 13.0. The van der Waals surface area contributed by atoms with Gasteiger partial charge in [-0.2, -0.15) is 0 Å². The van der Waals surface area contributed by atoms with Gasteiger partial charge in [0.25, 0.3) is 5.91 Å². The number of aromatic amines is 1. The van der Waals surface area contributed by atoms with Crippen molar-refractivity contribution in [2.45, 2.75) is 19.8 Å². The van der Waals surface area contributed by atoms with Crippen LogP contribution < -0.4 is 5.32 Å². The lowest BCUT2D eigenvalue weighted by Crippen LogP contribution is -2.25. The topological polar surface area (TPSA) is 44.9 Å². The molecular formula is C19H19FN2O. The summed E-state index contributed by atoms with van der Waals surface area (Å²) in [5, 5.41) is 4.04. The van der Waals surface area contributed by atoms with Gasteiger partial charge in [-0.1, -0.05) is 31.2 Å². The Hall–Kier alpha value is -2.62. The number of aromatic nitrogens is 1. The standard InChI is InChI=1S/C19H19FN2O/c1-2-13-5-4-8-17-15(12-22-18(13)17)9-10-21-19(23)14-6-3-7-16(20)11-14/h3-8,11-12,22H,2,9-10H2,1H3,(H,21,23). The predicted octanol–water partition coefficient (Wildman–Crippen LogP) is 3.84. The van der Waals surface area contributed by atoms with Crippen LogP contribution in [0.3, 0.4) is 0 Å². The number of nitrogens with one attached hydrogen (secondary N) is 2. The van der Waals surface area contributed by atoms with Crippen LogP contribution in [0.4, 0.5) is 4.39 Å². The number of benzene rings is 2. The van der Waals surface area contributed by atoms with Gasteiger partial charge in [-0.3, -0.25) is 4.79 Å². The predicted molar refractivity (Wildman–Crippen MR) is 90.1 cm³/mol. The van der Waals surface area contributed by atoms with E-state index in [4.69, 9.17) is 0 Å². The number of carbonyl (C=O) groups excluding carboxylic acids is 1. The lowest BCUT2D eigenvalue weighted by atomic mass is 10.1. The van der Waals surface area contributed by atoms with Gasteiger partial charge >= 0.3 is 0 Å². The van der Waals surface area contributed by atoms with Crippen molar-refractivity contribution in [3.8, 4) is 0 Å². The van der Waals surface area contributed by atoms with Gasteiger partial charge in [0.15, 0.2) is 0 Å². The summed E-state index contributed by atoms with van der Waals surface area (Å²) in [6, 6.07) is 12.0. The molecule has 0 saturated carbocycles. The van der Waals surface area contributed by atoms with Crippen LogP contribution in [0.2, 0.25) is 0 Å². The maximum Gasteiger partial charge on any atom is 0.251 e. The largest absolute Gasteiger partial charge is 0.361 e. The van der Waals surface area contributed by atoms with Gasteiger partial charge in [0.1, 0.15) is 5.82 Å². The summed E-state index contributed by atoms with van der Waals surface area (Å²) in [6.07, 6.45) is 3.71. The average molecular weight is 310 g/mol. The smallest absolute Gasteiger partial charge is 0.251 e. The molecule has 1 heterocycles. The van der Waals surface area contributed by atoms with Gasteiger partial charge in [-0.05, 0) is 42.2 Å². The van der Waals surface area contributed by atoms with E-state index < -0.39 is 5.82 Å². The van der Waals surface area contributed by atoms with Crippen molar-refractivity contribution in [1.82, 2.24) is 10.3 Å². The molecule has 4 heteroatoms. The molecule has 2 N–H and O–H groups in total. The zero-order valence-corrected chi connectivity index (χ0v) is 13.0. The minimum atomic E-state index is -0.402. The third-order valence-corrected chi connectivity index (χ3v) is 4.04. The molecule has 3 aromatic rings. The second-order valence-corrected chi connectivity index (χ2v) is 5.52. The molecule has 1 aromatic heterocycles. The van der Waals surface area contributed by atoms with Crippen molar-refractivity contribution in [2.75, 3.05) is 6.54 Å². The number of rotatable bonds is 5. The monoisotopic (exact) mass is 310 g/mol. The number of hydrogen-bond donors (Lipinski definition) is 2. The van der Waals surface area contributed by atoms with E-state index in [1.807, 2.05) is 6.20 Å². The normalized spacial score (nSPS) is 10.9. The minimum absolute atomic E-state index is 0.251. The van der Waals surface area contributed by atoms with Gasteiger partial charge < -0.3 is 10.3 Å². The quantitative estimate of drug-likeness (QED) is 0.739. The molecular weight excluding hydrogens is 291 g/mol. The van der Waals surface area contributed by atoms with E-state index in [0.717, 1.165) is 12.8 Å². The summed E-state index contributed by atoms with van der Waals surface area (Å²) in [5.74, 6) is -0.653. The summed E-state index contributed by atoms with van der Waals surface area (Å²) >= 11 is 0. The highest BCUT2D eigenvalue weighted by Gasteiger charge is 2.08. The van der Waals surface area contributed by atoms with Crippen molar-refractivity contribution in [1.29, 1.82) is 0 Å². The molecule has 0 fully saturated rings. The second kappa shape index (κ2) is 6.65. The molecule has 0 spiro atoms. The third-order valence-electron chi connectivity index (χ3n) is 4.04. The number of fused-ring (bicyclic) bond motifs is 1. The highest BCUT2D eigenvalue weighted by Crippen LogP contribution is 2.22. The van der Waals surface area contributed by atoms with Crippen molar-refractivity contribution in [2.24, 2.45) is 0 Å². The summed E-state index contributed by atoms with van der Waals surface area (Å²) in [6.45, 7) is 2.65. The number of amides is 1. The van der Waals surface area contributed by atoms with Gasteiger partial charge in [-0.15, -0.1) is 0 Å². The van der Waals surface area contributed by atoms with Gasteiger partial charge in [0.05, 0.1) is 0 Å². The van der Waals surface area contributed by atoms with Crippen molar-refractivity contribution >= 4 is 16.8 Å². The molecule has 2 aromatic carbocycles. The maximum atomic E-state index is 13.1. The van der Waals surface area contributed by atoms with Crippen LogP contribution in [0.25, 0.3) is 10.9 Å². The fourth-order valence-electron chi connectivity index (χ4n) is 2.82. The van der Waals surface area contributed by atoms with Crippen LogP contribution in [-0.4, -0.2) is 17.4 Å². The van der Waals surface area contributed by atoms with E-state index in [1.165, 1.54) is 40.2 Å². The summed E-state index contributed by atoms with van der Waals surface area (Å²) in [4.78, 5) is 15.3. The fraction of sp³-hybridized carbons (Fsp3) is 0.211. The van der Waals surface area contributed by atoms with Crippen LogP contribution in [0.5, 0.6) is 0 Å². The van der Waals surface area contributed by atoms with Crippen molar-refractivity contribution in [3.63, 3.8) is 0 Å². The van der Waals surface area contributed by atoms with E-state index in [2.05, 4.69) is 35.4 Å². The van der Waals surface area contributed by atoms with E-state index in [-0.39, 0.29) is 5.91 Å². The molecule has 3 rings (SSSR count). The highest BCUT2D eigenvalue weighted by atomic mass is 19.1. The number of H-pyrrole nitrogens is 1. The van der Waals surface area contributed by atoms with E-state index in [0.29, 0.717) is 12.1 Å². The maximum absolute atomic E-state index is 13.1. The lowest BCUT2D eigenvalue weighted by Gasteiger charge is -2.05. The summed E-state index contributed by atoms with van der Waals surface area (Å²) < 4.78 is 13.1. The minimum Gasteiger partial charge on any atom is -0.361 e. The van der Waals surface area contributed by atoms with E-state index in [9.17, 15) is 9.18 Å². The van der Waals surface area contributed by atoms with Crippen LogP contribution >= 0.6 is 0 Å². The molecule has 0 aliphatic heterocycles. The number of para-hydroxylation sites is 1. The first-order valence-corrected chi connectivity index (χ1v) is 7.80. The fourth-order valence-corrected chi connectivity index (χ4v) is 2.82. The molecule has 0 bridgehead atoms. The zero-order chi connectivity index (χ0) is 16.2. The second-order valence-electron chi connectivity index (χ2n) is 5.52. The van der Waals surface area contributed by atoms with Crippen LogP contribution in [0, 0.1) is 5.82 Å². The molecule has 0 saturated heterocycles. The van der Waals surface area contributed by atoms with E-state index in [1.54, 1.807) is 6.07 Å². The van der Waals surface area contributed by atoms with Crippen molar-refractivity contribution in [3.05, 3.63) is 71.2 Å². The summed E-state index contributed by atoms with van der Waals surface area (Å²) in [7, 11) is 0. The summed E-state index contributed by atoms with van der Waals surface area (Å²) in [5.41, 5.74) is 3.98. The van der Waals surface area contributed by atoms with Gasteiger partial charge in [-0.25, -0.2) is 4.39 Å². The molecule has 0 unspecified atom stereocenters. The third kappa shape index (κ3) is 3.26. The molecule has 118 valence electrons. The Labute approximate surface area is 134 Å². The van der Waals surface area contributed by atoms with Crippen LogP contribution in [-0.2, 0) is 12.8 Å². The molecule has 0 aliphatic rings. The van der Waals surface area contributed by atoms with Gasteiger partial charge in [0.2, 0.25) is 0 Å². The Morgan fingerprint density at radius 3 is 2.78 bits per heavy atom. The van der Waals surface area contributed by atoms with Crippen LogP contribution in [0.15, 0.2) is 48.7 Å². The van der Waals surface area contributed by atoms with Crippen LogP contribution in [0.1, 0.15) is 28.4 Å². The van der Waals surface area contributed by atoms with Gasteiger partial charge in [0, 0.05) is 29.2 Å². The van der Waals surface area contributed by atoms with E-state index >= 15 is 0 Å². The number of aryl methyl sites for hydroxylation is 1. The molecule has 0 atom stereocenters. The Bertz CT molecular complexity index is 838. The Morgan fingerprint density at radius 1 is 1.17 bits per heavy atom. The molecule has 0 radical (unpaired) electrons. The Balaban J connectivity index is 1.66. The molecule has 23 heavy (non-hydrogen) atoms. The van der Waals surface area contributed by atoms with Crippen molar-refractivity contribution < 1.29 is 9.18 Å². The lowest BCUT2D eigenvalue weighted by molar-refractivity contribution is 0.0953. The first kappa shape index (κ1) is 15.3. The first-order valence-electron chi connectivity index (χ1n) is 7.80. The first-order chi connectivity index (χ1) is 11.2. The number of carbonyl (C=O) groups is 1. The Kier molecular flexibility index (Phi) is 4.42. The molecule has 1 amide bonds.